The number of aromatic nitrogens is 3. The molecule has 0 spiro atoms. The quantitative estimate of drug-likeness (QED) is 0.0311. The fraction of sp³-hybridized carbons (Fsp3) is 0.738. The van der Waals surface area contributed by atoms with Crippen molar-refractivity contribution >= 4 is 103 Å². The average Bonchev–Trinajstić information content (AvgIpc) is 3.86. The number of alkyl carbamates (subject to hydrolysis) is 3. The van der Waals surface area contributed by atoms with E-state index in [1.54, 1.807) is 73.2 Å². The minimum atomic E-state index is -0.748. The Morgan fingerprint density at radius 3 is 1.65 bits per heavy atom. The number of hydrogen-bond acceptors (Lipinski definition) is 17. The van der Waals surface area contributed by atoms with Gasteiger partial charge in [0.1, 0.15) is 64.0 Å². The number of ether oxygens (including phenoxy) is 5. The first kappa shape index (κ1) is 66.2. The zero-order valence-electron chi connectivity index (χ0n) is 42.2. The van der Waals surface area contributed by atoms with Crippen molar-refractivity contribution in [2.75, 3.05) is 19.7 Å². The molecule has 1 radical (unpaired) electrons. The molecule has 5 rings (SSSR count). The Labute approximate surface area is 465 Å². The maximum Gasteiger partial charge on any atom is 0 e. The Morgan fingerprint density at radius 2 is 1.25 bits per heavy atom. The van der Waals surface area contributed by atoms with Gasteiger partial charge in [-0.05, 0) is 102 Å². The van der Waals surface area contributed by atoms with Gasteiger partial charge in [-0.1, -0.05) is 23.2 Å². The number of terminal acetylenes is 1. The van der Waals surface area contributed by atoms with Gasteiger partial charge in [-0.2, -0.15) is 0 Å². The van der Waals surface area contributed by atoms with E-state index in [2.05, 4.69) is 79.4 Å². The topological polar surface area (TPSA) is 288 Å². The van der Waals surface area contributed by atoms with Crippen LogP contribution in [0.5, 0.6) is 0 Å². The number of azide groups is 1. The zero-order valence-corrected chi connectivity index (χ0v) is 51.7. The first-order valence-corrected chi connectivity index (χ1v) is 36.1. The molecule has 4 fully saturated rings. The van der Waals surface area contributed by atoms with E-state index in [1.165, 1.54) is 33.3 Å². The first-order valence-electron chi connectivity index (χ1n) is 21.8. The van der Waals surface area contributed by atoms with Crippen LogP contribution in [0.2, 0.25) is 0 Å². The molecule has 6 atom stereocenters. The average molecular weight is 1410 g/mol. The number of nitrogens with one attached hydrogen (secondary N) is 3. The molecular formula is C42H65I3N11O12S2V-. The van der Waals surface area contributed by atoms with Crippen molar-refractivity contribution in [3.63, 3.8) is 0 Å². The molecule has 0 bridgehead atoms. The molecule has 5 amide bonds. The second-order valence-corrected chi connectivity index (χ2v) is 39.4. The SMILES string of the molecule is C#CCOC(=O)[C@@H]1N2C(=O)[C@@H](NC(=O)OC(C)(C)C)[C@H]2SC1(C)C.CC(C)(C)OC(=O)NCCN=[N+]=[N-].CCCn1cc(COC(=O)[C@@H]2N3C(=O)[C@@H](NC(=O)OC(C)(C)C)[C@H]3SC2(C)C)nn1.I[I-]I.[V]. The number of amides is 5. The van der Waals surface area contributed by atoms with Crippen LogP contribution in [-0.2, 0) is 74.6 Å². The fourth-order valence-corrected chi connectivity index (χ4v) is 10.1. The van der Waals surface area contributed by atoms with Crippen LogP contribution in [-0.4, -0.2) is 148 Å². The smallest absolute Gasteiger partial charge is 0 e. The number of esters is 2. The van der Waals surface area contributed by atoms with Crippen LogP contribution in [0.1, 0.15) is 109 Å². The summed E-state index contributed by atoms with van der Waals surface area (Å²) in [4.78, 5) is 90.6. The molecule has 0 aliphatic carbocycles. The van der Waals surface area contributed by atoms with Gasteiger partial charge in [-0.15, -0.1) is 35.0 Å². The largest absolute Gasteiger partial charge is 0 e. The third-order valence-corrected chi connectivity index (χ3v) is 12.5. The number of rotatable bonds is 12. The number of aryl methyl sites for hydroxylation is 1. The van der Waals surface area contributed by atoms with Gasteiger partial charge in [0.05, 0.1) is 6.20 Å². The molecular weight excluding hydrogens is 1350 g/mol. The molecule has 5 heterocycles. The normalized spacial score (nSPS) is 22.0. The Kier molecular flexibility index (Phi) is 26.8. The predicted octanol–water partition coefficient (Wildman–Crippen LogP) is 3.40. The molecule has 71 heavy (non-hydrogen) atoms. The van der Waals surface area contributed by atoms with Crippen molar-refractivity contribution in [2.24, 2.45) is 5.11 Å². The maximum atomic E-state index is 12.8. The Balaban J connectivity index is 0.000000550. The monoisotopic (exact) mass is 1410 g/mol. The number of fused-ring (bicyclic) bond motifs is 2. The third kappa shape index (κ3) is 20.8. The van der Waals surface area contributed by atoms with E-state index >= 15 is 0 Å². The number of halogens is 3. The summed E-state index contributed by atoms with van der Waals surface area (Å²) in [6, 6.07) is -2.92. The Bertz CT molecular complexity index is 2130. The number of hydrogen-bond donors (Lipinski definition) is 3. The van der Waals surface area contributed by atoms with Crippen molar-refractivity contribution < 1.29 is 89.1 Å². The van der Waals surface area contributed by atoms with Crippen LogP contribution < -0.4 is 29.2 Å². The van der Waals surface area contributed by atoms with Gasteiger partial charge in [-0.25, -0.2) is 24.0 Å². The molecule has 29 heteroatoms. The van der Waals surface area contributed by atoms with E-state index in [9.17, 15) is 33.6 Å². The summed E-state index contributed by atoms with van der Waals surface area (Å²) >= 11 is 8.20. The van der Waals surface area contributed by atoms with E-state index in [4.69, 9.17) is 35.6 Å². The van der Waals surface area contributed by atoms with Crippen LogP contribution in [0.15, 0.2) is 11.3 Å². The zero-order chi connectivity index (χ0) is 53.6. The predicted molar refractivity (Wildman–Crippen MR) is 275 cm³/mol. The number of β-lactam (4-membered cyclic amide) rings is 2. The van der Waals surface area contributed by atoms with Crippen LogP contribution in [0.3, 0.4) is 0 Å². The number of thioether (sulfide) groups is 2. The van der Waals surface area contributed by atoms with E-state index in [-0.39, 0.29) is 60.9 Å². The molecule has 23 nitrogen and oxygen atoms in total. The molecule has 3 N–H and O–H groups in total. The second kappa shape index (κ2) is 28.7. The van der Waals surface area contributed by atoms with Crippen LogP contribution in [0.25, 0.3) is 10.4 Å². The molecule has 399 valence electrons. The molecule has 0 saturated carbocycles. The summed E-state index contributed by atoms with van der Waals surface area (Å²) in [5.41, 5.74) is 6.67. The van der Waals surface area contributed by atoms with Gasteiger partial charge < -0.3 is 49.4 Å². The summed E-state index contributed by atoms with van der Waals surface area (Å²) < 4.78 is 26.4. The van der Waals surface area contributed by atoms with Gasteiger partial charge in [-0.3, -0.25) is 14.3 Å². The van der Waals surface area contributed by atoms with E-state index in [0.717, 1.165) is 13.0 Å². The van der Waals surface area contributed by atoms with Crippen LogP contribution in [0, 0.1) is 12.3 Å². The third-order valence-electron chi connectivity index (χ3n) is 9.32. The van der Waals surface area contributed by atoms with Crippen molar-refractivity contribution in [3.8, 4) is 12.3 Å². The molecule has 4 saturated heterocycles. The molecule has 1 aromatic heterocycles. The molecule has 4 aliphatic rings. The van der Waals surface area contributed by atoms with Gasteiger partial charge in [0.25, 0.3) is 0 Å². The maximum absolute atomic E-state index is 12.8. The summed E-state index contributed by atoms with van der Waals surface area (Å²) in [5, 5.41) is 18.2. The standard InChI is InChI=1S/C19H29N5O5S.C16H22N2O5S.C7H14N4O2.I3.V/c1-7-8-23-9-11(21-22-23)10-28-16(26)13-19(5,6)30-15-12(14(25)24(13)15)20-17(27)29-18(2,3)4;1-7-8-22-13(20)10-16(5,6)24-12-9(11(19)18(10)12)17-14(21)23-15(2,3)4;1-7(2,3)13-6(12)9-4-5-10-11-8;1-3-2;/h9,12-13,15H,7-8,10H2,1-6H3,(H,20,27);1,9-10,12H,8H2,2-6H3,(H,17,21);4-5H2,1-3H3,(H,9,12);;/q;;;-1;/t12-,13+,15-;9-,10+,12-;;;/m11.../s1. The Morgan fingerprint density at radius 1 is 0.831 bits per heavy atom. The van der Waals surface area contributed by atoms with Gasteiger partial charge in [0.2, 0.25) is 11.8 Å². The van der Waals surface area contributed by atoms with E-state index < -0.39 is 80.7 Å². The summed E-state index contributed by atoms with van der Waals surface area (Å²) in [5.74, 6) is 0.561. The first-order chi connectivity index (χ1) is 32.3. The number of carbonyl (C=O) groups is 7. The molecule has 0 aromatic carbocycles. The minimum Gasteiger partial charge on any atom is 0 e. The minimum absolute atomic E-state index is 0. The van der Waals surface area contributed by atoms with Crippen LogP contribution >= 0.6 is 60.8 Å². The second-order valence-electron chi connectivity index (χ2n) is 19.6. The van der Waals surface area contributed by atoms with Gasteiger partial charge in [0, 0.05) is 52.6 Å². The molecule has 4 aliphatic heterocycles. The molecule has 1 aromatic rings. The molecule has 0 unspecified atom stereocenters. The van der Waals surface area contributed by atoms with Crippen LogP contribution in [0.4, 0.5) is 14.4 Å². The van der Waals surface area contributed by atoms with E-state index in [0.29, 0.717) is 25.5 Å². The Hall–Kier alpha value is -2.83. The summed E-state index contributed by atoms with van der Waals surface area (Å²) in [6.07, 6.45) is 5.96. The number of carbonyl (C=O) groups excluding carboxylic acids is 7. The van der Waals surface area contributed by atoms with Gasteiger partial charge in [0.15, 0.2) is 6.61 Å². The number of nitrogens with zero attached hydrogens (tertiary/aromatic N) is 8. The van der Waals surface area contributed by atoms with Crippen molar-refractivity contribution in [1.29, 1.82) is 0 Å². The van der Waals surface area contributed by atoms with Gasteiger partial charge >= 0.3 is 80.7 Å². The van der Waals surface area contributed by atoms with Crippen molar-refractivity contribution in [2.45, 2.75) is 178 Å². The van der Waals surface area contributed by atoms with Crippen molar-refractivity contribution in [3.05, 3.63) is 22.3 Å². The summed E-state index contributed by atoms with van der Waals surface area (Å²) in [7, 11) is 0. The van der Waals surface area contributed by atoms with E-state index in [1.807, 2.05) is 34.6 Å². The fourth-order valence-electron chi connectivity index (χ4n) is 6.85. The van der Waals surface area contributed by atoms with Crippen molar-refractivity contribution in [1.82, 2.24) is 40.7 Å². The summed E-state index contributed by atoms with van der Waals surface area (Å²) in [6.45, 7) is 26.5.